The van der Waals surface area contributed by atoms with Gasteiger partial charge in [-0.2, -0.15) is 0 Å². The van der Waals surface area contributed by atoms with Crippen LogP contribution in [0.15, 0.2) is 42.5 Å². The molecule has 0 bridgehead atoms. The van der Waals surface area contributed by atoms with Crippen LogP contribution in [0, 0.1) is 0 Å². The highest BCUT2D eigenvalue weighted by molar-refractivity contribution is 6.31. The van der Waals surface area contributed by atoms with Gasteiger partial charge in [0.05, 0.1) is 24.5 Å². The fourth-order valence-electron chi connectivity index (χ4n) is 2.24. The average Bonchev–Trinajstić information content (AvgIpc) is 2.61. The summed E-state index contributed by atoms with van der Waals surface area (Å²) in [6.07, 6.45) is -0.970. The van der Waals surface area contributed by atoms with Crippen LogP contribution < -0.4 is 14.8 Å². The lowest BCUT2D eigenvalue weighted by Gasteiger charge is -2.15. The second-order valence-electron chi connectivity index (χ2n) is 6.07. The van der Waals surface area contributed by atoms with Crippen LogP contribution in [0.25, 0.3) is 0 Å². The number of carbonyl (C=O) groups is 2. The third-order valence-corrected chi connectivity index (χ3v) is 3.77. The second kappa shape index (κ2) is 9.28. The van der Waals surface area contributed by atoms with E-state index in [2.05, 4.69) is 5.32 Å². The Labute approximate surface area is 163 Å². The minimum atomic E-state index is -1.01. The number of esters is 1. The largest absolute Gasteiger partial charge is 0.495 e. The van der Waals surface area contributed by atoms with Crippen LogP contribution in [0.1, 0.15) is 31.1 Å². The van der Waals surface area contributed by atoms with Gasteiger partial charge in [-0.15, -0.1) is 0 Å². The SMILES string of the molecule is COc1ccc(Cl)cc1NC(=O)[C@@H](C)OC(=O)c1ccc(OC(C)C)cc1. The van der Waals surface area contributed by atoms with Crippen molar-refractivity contribution in [2.75, 3.05) is 12.4 Å². The molecule has 2 aromatic carbocycles. The van der Waals surface area contributed by atoms with E-state index in [0.29, 0.717) is 27.8 Å². The van der Waals surface area contributed by atoms with E-state index in [1.807, 2.05) is 13.8 Å². The van der Waals surface area contributed by atoms with Crippen molar-refractivity contribution in [1.82, 2.24) is 0 Å². The number of nitrogens with one attached hydrogen (secondary N) is 1. The first-order chi connectivity index (χ1) is 12.8. The third-order valence-electron chi connectivity index (χ3n) is 3.53. The highest BCUT2D eigenvalue weighted by atomic mass is 35.5. The van der Waals surface area contributed by atoms with E-state index in [1.54, 1.807) is 42.5 Å². The normalized spacial score (nSPS) is 11.6. The fourth-order valence-corrected chi connectivity index (χ4v) is 2.41. The minimum Gasteiger partial charge on any atom is -0.495 e. The quantitative estimate of drug-likeness (QED) is 0.711. The molecule has 6 nitrogen and oxygen atoms in total. The zero-order valence-corrected chi connectivity index (χ0v) is 16.4. The first-order valence-corrected chi connectivity index (χ1v) is 8.80. The highest BCUT2D eigenvalue weighted by Gasteiger charge is 2.20. The Bertz CT molecular complexity index is 805. The Kier molecular flexibility index (Phi) is 7.07. The van der Waals surface area contributed by atoms with Gasteiger partial charge in [-0.25, -0.2) is 4.79 Å². The molecule has 0 spiro atoms. The van der Waals surface area contributed by atoms with Crippen molar-refractivity contribution in [3.05, 3.63) is 53.1 Å². The van der Waals surface area contributed by atoms with Gasteiger partial charge in [0.1, 0.15) is 11.5 Å². The van der Waals surface area contributed by atoms with Crippen molar-refractivity contribution in [2.45, 2.75) is 33.0 Å². The maximum Gasteiger partial charge on any atom is 0.338 e. The molecule has 0 aliphatic heterocycles. The zero-order chi connectivity index (χ0) is 20.0. The Morgan fingerprint density at radius 3 is 2.30 bits per heavy atom. The van der Waals surface area contributed by atoms with Crippen LogP contribution in [-0.4, -0.2) is 31.2 Å². The molecule has 0 fully saturated rings. The van der Waals surface area contributed by atoms with Gasteiger partial charge in [0.25, 0.3) is 5.91 Å². The van der Waals surface area contributed by atoms with Crippen molar-refractivity contribution < 1.29 is 23.8 Å². The summed E-state index contributed by atoms with van der Waals surface area (Å²) in [5.74, 6) is 0.00268. The van der Waals surface area contributed by atoms with E-state index < -0.39 is 18.0 Å². The van der Waals surface area contributed by atoms with Gasteiger partial charge in [0.2, 0.25) is 0 Å². The topological polar surface area (TPSA) is 73.9 Å². The molecule has 1 amide bonds. The van der Waals surface area contributed by atoms with Crippen LogP contribution in [-0.2, 0) is 9.53 Å². The summed E-state index contributed by atoms with van der Waals surface area (Å²) in [6.45, 7) is 5.31. The third kappa shape index (κ3) is 5.89. The minimum absolute atomic E-state index is 0.0370. The van der Waals surface area contributed by atoms with Gasteiger partial charge >= 0.3 is 5.97 Å². The van der Waals surface area contributed by atoms with E-state index in [0.717, 1.165) is 0 Å². The van der Waals surface area contributed by atoms with Crippen LogP contribution in [0.4, 0.5) is 5.69 Å². The number of anilines is 1. The summed E-state index contributed by atoms with van der Waals surface area (Å²) in [4.78, 5) is 24.6. The second-order valence-corrected chi connectivity index (χ2v) is 6.51. The van der Waals surface area contributed by atoms with Crippen LogP contribution in [0.5, 0.6) is 11.5 Å². The molecule has 2 aromatic rings. The number of ether oxygens (including phenoxy) is 3. The molecule has 7 heteroatoms. The molecule has 27 heavy (non-hydrogen) atoms. The van der Waals surface area contributed by atoms with E-state index in [-0.39, 0.29) is 6.10 Å². The molecule has 0 aromatic heterocycles. The molecule has 144 valence electrons. The maximum atomic E-state index is 12.3. The van der Waals surface area contributed by atoms with E-state index in [9.17, 15) is 9.59 Å². The molecule has 0 radical (unpaired) electrons. The number of hydrogen-bond donors (Lipinski definition) is 1. The number of rotatable bonds is 7. The summed E-state index contributed by atoms with van der Waals surface area (Å²) in [5.41, 5.74) is 0.721. The molecular formula is C20H22ClNO5. The van der Waals surface area contributed by atoms with Crippen molar-refractivity contribution in [3.8, 4) is 11.5 Å². The summed E-state index contributed by atoms with van der Waals surface area (Å²) in [6, 6.07) is 11.4. The number of hydrogen-bond acceptors (Lipinski definition) is 5. The fraction of sp³-hybridized carbons (Fsp3) is 0.300. The lowest BCUT2D eigenvalue weighted by Crippen LogP contribution is -2.30. The molecule has 2 rings (SSSR count). The monoisotopic (exact) mass is 391 g/mol. The van der Waals surface area contributed by atoms with Crippen LogP contribution in [0.2, 0.25) is 5.02 Å². The molecule has 0 aliphatic rings. The van der Waals surface area contributed by atoms with E-state index >= 15 is 0 Å². The molecule has 0 saturated carbocycles. The Balaban J connectivity index is 1.99. The molecular weight excluding hydrogens is 370 g/mol. The van der Waals surface area contributed by atoms with E-state index in [1.165, 1.54) is 14.0 Å². The van der Waals surface area contributed by atoms with Gasteiger partial charge in [0, 0.05) is 5.02 Å². The molecule has 1 N–H and O–H groups in total. The van der Waals surface area contributed by atoms with Crippen LogP contribution >= 0.6 is 11.6 Å². The maximum absolute atomic E-state index is 12.3. The predicted molar refractivity (Wildman–Crippen MR) is 104 cm³/mol. The first-order valence-electron chi connectivity index (χ1n) is 8.42. The average molecular weight is 392 g/mol. The van der Waals surface area contributed by atoms with Crippen molar-refractivity contribution >= 4 is 29.2 Å². The highest BCUT2D eigenvalue weighted by Crippen LogP contribution is 2.28. The van der Waals surface area contributed by atoms with Crippen molar-refractivity contribution in [3.63, 3.8) is 0 Å². The number of amides is 1. The molecule has 0 heterocycles. The Hall–Kier alpha value is -2.73. The smallest absolute Gasteiger partial charge is 0.338 e. The Morgan fingerprint density at radius 2 is 1.70 bits per heavy atom. The summed E-state index contributed by atoms with van der Waals surface area (Å²) in [7, 11) is 1.48. The predicted octanol–water partition coefficient (Wildman–Crippen LogP) is 4.32. The van der Waals surface area contributed by atoms with Gasteiger partial charge in [-0.1, -0.05) is 11.6 Å². The number of methoxy groups -OCH3 is 1. The number of carbonyl (C=O) groups excluding carboxylic acids is 2. The van der Waals surface area contributed by atoms with Crippen LogP contribution in [0.3, 0.4) is 0 Å². The summed E-state index contributed by atoms with van der Waals surface area (Å²) < 4.78 is 15.9. The standard InChI is InChI=1S/C20H22ClNO5/c1-12(2)26-16-8-5-14(6-9-16)20(24)27-13(3)19(23)22-17-11-15(21)7-10-18(17)25-4/h5-13H,1-4H3,(H,22,23)/t13-/m1/s1. The van der Waals surface area contributed by atoms with E-state index in [4.69, 9.17) is 25.8 Å². The number of benzene rings is 2. The first kappa shape index (κ1) is 20.6. The molecule has 0 aliphatic carbocycles. The molecule has 1 atom stereocenters. The van der Waals surface area contributed by atoms with Crippen molar-refractivity contribution in [1.29, 1.82) is 0 Å². The summed E-state index contributed by atoms with van der Waals surface area (Å²) in [5, 5.41) is 3.09. The van der Waals surface area contributed by atoms with Gasteiger partial charge in [-0.05, 0) is 63.2 Å². The van der Waals surface area contributed by atoms with Gasteiger partial charge < -0.3 is 19.5 Å². The lowest BCUT2D eigenvalue weighted by molar-refractivity contribution is -0.123. The van der Waals surface area contributed by atoms with Gasteiger partial charge in [0.15, 0.2) is 6.10 Å². The number of halogens is 1. The lowest BCUT2D eigenvalue weighted by atomic mass is 10.2. The van der Waals surface area contributed by atoms with Gasteiger partial charge in [-0.3, -0.25) is 4.79 Å². The Morgan fingerprint density at radius 1 is 1.04 bits per heavy atom. The van der Waals surface area contributed by atoms with Crippen molar-refractivity contribution in [2.24, 2.45) is 0 Å². The molecule has 0 unspecified atom stereocenters. The zero-order valence-electron chi connectivity index (χ0n) is 15.6. The molecule has 0 saturated heterocycles. The summed E-state index contributed by atoms with van der Waals surface area (Å²) >= 11 is 5.94.